The van der Waals surface area contributed by atoms with Crippen LogP contribution in [0.1, 0.15) is 0 Å². The molecule has 2 unspecified atom stereocenters. The third-order valence-corrected chi connectivity index (χ3v) is 5.06. The second-order valence-corrected chi connectivity index (χ2v) is 5.69. The summed E-state index contributed by atoms with van der Waals surface area (Å²) < 4.78 is 30.5. The number of carbonyl (C=O) groups excluding carboxylic acids is 1. The minimum absolute atomic E-state index is 0.517. The molecule has 0 bridgehead atoms. The molecule has 15 heavy (non-hydrogen) atoms. The molecule has 0 amide bonds. The molecule has 5 nitrogen and oxygen atoms in total. The predicted octanol–water partition coefficient (Wildman–Crippen LogP) is 1.42. The Kier molecular flexibility index (Phi) is 2.39. The van der Waals surface area contributed by atoms with Gasteiger partial charge in [0.2, 0.25) is 5.78 Å². The molecule has 2 atom stereocenters. The van der Waals surface area contributed by atoms with Gasteiger partial charge in [0.05, 0.1) is 5.03 Å². The zero-order chi connectivity index (χ0) is 11.6. The van der Waals surface area contributed by atoms with Crippen molar-refractivity contribution in [1.82, 2.24) is 0 Å². The molecule has 0 aromatic carbocycles. The van der Waals surface area contributed by atoms with Gasteiger partial charge in [-0.3, -0.25) is 4.79 Å². The van der Waals surface area contributed by atoms with Crippen LogP contribution in [-0.4, -0.2) is 24.3 Å². The van der Waals surface area contributed by atoms with Crippen molar-refractivity contribution in [3.8, 4) is 0 Å². The van der Waals surface area contributed by atoms with Crippen molar-refractivity contribution in [2.24, 2.45) is 0 Å². The van der Waals surface area contributed by atoms with Crippen molar-refractivity contribution in [3.05, 3.63) is 10.1 Å². The summed E-state index contributed by atoms with van der Waals surface area (Å²) in [5, 5.41) is -5.84. The molecule has 0 radical (unpaired) electrons. The molecule has 2 aliphatic rings. The fourth-order valence-electron chi connectivity index (χ4n) is 1.15. The molecule has 1 aliphatic carbocycles. The van der Waals surface area contributed by atoms with E-state index in [-0.39, 0.29) is 0 Å². The van der Waals surface area contributed by atoms with Gasteiger partial charge < -0.3 is 0 Å². The lowest BCUT2D eigenvalue weighted by Crippen LogP contribution is -2.44. The zero-order valence-corrected chi connectivity index (χ0v) is 10.3. The van der Waals surface area contributed by atoms with Crippen LogP contribution in [-0.2, 0) is 23.6 Å². The first-order valence-electron chi connectivity index (χ1n) is 3.28. The first kappa shape index (κ1) is 11.9. The van der Waals surface area contributed by atoms with E-state index in [1.165, 1.54) is 0 Å². The highest BCUT2D eigenvalue weighted by atomic mass is 35.5. The highest BCUT2D eigenvalue weighted by molar-refractivity contribution is 7.82. The van der Waals surface area contributed by atoms with Crippen molar-refractivity contribution in [1.29, 1.82) is 0 Å². The Balaban J connectivity index is 2.70. The molecular formula is C5Cl4O5S. The molecular weight excluding hydrogens is 314 g/mol. The number of alkyl halides is 2. The molecule has 1 saturated heterocycles. The maximum Gasteiger partial charge on any atom is 0.404 e. The largest absolute Gasteiger partial charge is 0.404 e. The van der Waals surface area contributed by atoms with E-state index in [1.807, 2.05) is 0 Å². The Morgan fingerprint density at radius 2 is 1.53 bits per heavy atom. The van der Waals surface area contributed by atoms with Crippen LogP contribution in [0, 0.1) is 0 Å². The normalized spacial score (nSPS) is 43.6. The van der Waals surface area contributed by atoms with E-state index in [0.717, 1.165) is 0 Å². The minimum Gasteiger partial charge on any atom is -0.288 e. The van der Waals surface area contributed by atoms with E-state index < -0.39 is 36.4 Å². The maximum atomic E-state index is 11.5. The lowest BCUT2D eigenvalue weighted by atomic mass is 10.2. The number of ketones is 1. The first-order valence-corrected chi connectivity index (χ1v) is 6.13. The number of Topliss-reactive ketones (excluding diaryl/α,β-unsaturated/α-hetero) is 1. The van der Waals surface area contributed by atoms with Crippen LogP contribution in [0.5, 0.6) is 0 Å². The van der Waals surface area contributed by atoms with Crippen LogP contribution in [0.4, 0.5) is 0 Å². The van der Waals surface area contributed by atoms with E-state index in [1.54, 1.807) is 0 Å². The number of halogens is 4. The third kappa shape index (κ3) is 1.30. The smallest absolute Gasteiger partial charge is 0.288 e. The average Bonchev–Trinajstić information content (AvgIpc) is 2.35. The molecule has 0 aromatic heterocycles. The van der Waals surface area contributed by atoms with Gasteiger partial charge in [-0.15, -0.1) is 0 Å². The SMILES string of the molecule is O=C1C(Cl)=C(Cl)C2(Cl)OS(=O)(=O)OC12Cl. The first-order chi connectivity index (χ1) is 6.64. The summed E-state index contributed by atoms with van der Waals surface area (Å²) in [6.45, 7) is 0. The van der Waals surface area contributed by atoms with Gasteiger partial charge in [-0.05, 0) is 0 Å². The van der Waals surface area contributed by atoms with Crippen LogP contribution in [0.3, 0.4) is 0 Å². The second-order valence-electron chi connectivity index (χ2n) is 2.72. The number of fused-ring (bicyclic) bond motifs is 1. The summed E-state index contributed by atoms with van der Waals surface area (Å²) in [6, 6.07) is 0. The van der Waals surface area contributed by atoms with E-state index in [4.69, 9.17) is 46.4 Å². The van der Waals surface area contributed by atoms with E-state index in [0.29, 0.717) is 0 Å². The highest BCUT2D eigenvalue weighted by Gasteiger charge is 2.74. The molecule has 0 saturated carbocycles. The Hall–Kier alpha value is 0.440. The van der Waals surface area contributed by atoms with Gasteiger partial charge in [0.1, 0.15) is 5.03 Å². The molecule has 2 rings (SSSR count). The van der Waals surface area contributed by atoms with Crippen LogP contribution in [0.2, 0.25) is 0 Å². The molecule has 1 aliphatic heterocycles. The van der Waals surface area contributed by atoms with Gasteiger partial charge in [-0.2, -0.15) is 8.42 Å². The minimum atomic E-state index is -4.47. The van der Waals surface area contributed by atoms with Crippen LogP contribution >= 0.6 is 46.4 Å². The lowest BCUT2D eigenvalue weighted by Gasteiger charge is -2.21. The maximum absolute atomic E-state index is 11.5. The Morgan fingerprint density at radius 1 is 1.07 bits per heavy atom. The van der Waals surface area contributed by atoms with Gasteiger partial charge in [-0.25, -0.2) is 8.37 Å². The van der Waals surface area contributed by atoms with E-state index >= 15 is 0 Å². The number of rotatable bonds is 0. The van der Waals surface area contributed by atoms with Crippen molar-refractivity contribution in [3.63, 3.8) is 0 Å². The summed E-state index contributed by atoms with van der Waals surface area (Å²) in [7, 11) is -4.47. The van der Waals surface area contributed by atoms with Crippen LogP contribution < -0.4 is 0 Å². The van der Waals surface area contributed by atoms with Crippen LogP contribution in [0.25, 0.3) is 0 Å². The Labute approximate surface area is 104 Å². The summed E-state index contributed by atoms with van der Waals surface area (Å²) in [4.78, 5) is 11.5. The number of hydrogen-bond acceptors (Lipinski definition) is 5. The zero-order valence-electron chi connectivity index (χ0n) is 6.46. The molecule has 0 aromatic rings. The second kappa shape index (κ2) is 3.01. The molecule has 0 spiro atoms. The number of carbonyl (C=O) groups is 1. The molecule has 10 heteroatoms. The van der Waals surface area contributed by atoms with Crippen LogP contribution in [0.15, 0.2) is 10.1 Å². The van der Waals surface area contributed by atoms with Crippen molar-refractivity contribution < 1.29 is 21.6 Å². The third-order valence-electron chi connectivity index (χ3n) is 1.81. The standard InChI is InChI=1S/C5Cl4O5S/c6-1-2(7)4(8)5(9,3(1)10)14-15(11,12)13-4. The van der Waals surface area contributed by atoms with Gasteiger partial charge >= 0.3 is 10.4 Å². The number of hydrogen-bond donors (Lipinski definition) is 0. The Morgan fingerprint density at radius 3 is 2.00 bits per heavy atom. The van der Waals surface area contributed by atoms with Crippen molar-refractivity contribution in [2.45, 2.75) is 10.1 Å². The summed E-state index contributed by atoms with van der Waals surface area (Å²) >= 11 is 22.3. The van der Waals surface area contributed by atoms with Crippen molar-refractivity contribution >= 4 is 62.6 Å². The van der Waals surface area contributed by atoms with E-state index in [9.17, 15) is 13.2 Å². The van der Waals surface area contributed by atoms with Crippen molar-refractivity contribution in [2.75, 3.05) is 0 Å². The average molecular weight is 314 g/mol. The van der Waals surface area contributed by atoms with Gasteiger partial charge in [0, 0.05) is 0 Å². The Bertz CT molecular complexity index is 498. The van der Waals surface area contributed by atoms with Gasteiger partial charge in [0.15, 0.2) is 0 Å². The molecule has 0 N–H and O–H groups in total. The van der Waals surface area contributed by atoms with Gasteiger partial charge in [0.25, 0.3) is 10.1 Å². The quantitative estimate of drug-likeness (QED) is 0.633. The fourth-order valence-corrected chi connectivity index (χ4v) is 3.85. The highest BCUT2D eigenvalue weighted by Crippen LogP contribution is 2.58. The predicted molar refractivity (Wildman–Crippen MR) is 52.0 cm³/mol. The summed E-state index contributed by atoms with van der Waals surface area (Å²) in [5.41, 5.74) is 0. The monoisotopic (exact) mass is 312 g/mol. The topological polar surface area (TPSA) is 69.7 Å². The summed E-state index contributed by atoms with van der Waals surface area (Å²) in [6.07, 6.45) is 0. The molecule has 1 fully saturated rings. The van der Waals surface area contributed by atoms with E-state index in [2.05, 4.69) is 8.37 Å². The molecule has 1 heterocycles. The molecule has 84 valence electrons. The lowest BCUT2D eigenvalue weighted by molar-refractivity contribution is -0.123. The summed E-state index contributed by atoms with van der Waals surface area (Å²) in [5.74, 6) is -1.06. The fraction of sp³-hybridized carbons (Fsp3) is 0.400. The van der Waals surface area contributed by atoms with Gasteiger partial charge in [-0.1, -0.05) is 46.4 Å².